The second kappa shape index (κ2) is 11.4. The molecule has 2 aliphatic rings. The molecule has 3 heteroatoms. The highest BCUT2D eigenvalue weighted by molar-refractivity contribution is 5.95. The van der Waals surface area contributed by atoms with Gasteiger partial charge in [0, 0.05) is 18.5 Å². The molecule has 1 heterocycles. The molecule has 0 unspecified atom stereocenters. The first-order chi connectivity index (χ1) is 15.5. The molecule has 1 spiro atoms. The smallest absolute Gasteiger partial charge is 0.256 e. The molecular formula is C30H40FNO. The van der Waals surface area contributed by atoms with Crippen LogP contribution in [0.5, 0.6) is 0 Å². The van der Waals surface area contributed by atoms with Gasteiger partial charge in [0.25, 0.3) is 5.91 Å². The van der Waals surface area contributed by atoms with Crippen molar-refractivity contribution in [3.8, 4) is 0 Å². The van der Waals surface area contributed by atoms with E-state index in [-0.39, 0.29) is 11.5 Å². The first kappa shape index (κ1) is 26.6. The number of benzene rings is 2. The molecule has 178 valence electrons. The second-order valence-electron chi connectivity index (χ2n) is 10.0. The lowest BCUT2D eigenvalue weighted by molar-refractivity contribution is -0.0664. The first-order valence-electron chi connectivity index (χ1n) is 11.8. The van der Waals surface area contributed by atoms with Crippen LogP contribution in [0, 0.1) is 37.9 Å². The average Bonchev–Trinajstić information content (AvgIpc) is 2.70. The van der Waals surface area contributed by atoms with Crippen molar-refractivity contribution in [2.75, 3.05) is 13.1 Å². The van der Waals surface area contributed by atoms with Crippen LogP contribution in [0.15, 0.2) is 66.3 Å². The summed E-state index contributed by atoms with van der Waals surface area (Å²) in [6, 6.07) is 12.7. The molecule has 33 heavy (non-hydrogen) atoms. The summed E-state index contributed by atoms with van der Waals surface area (Å²) >= 11 is 0. The van der Waals surface area contributed by atoms with E-state index in [1.165, 1.54) is 33.9 Å². The number of aryl methyl sites for hydroxylation is 3. The standard InChI is InChI=1S/C16H18FNO.C9H12.C5H10/c1-11(2)12-7-16(8-12)9-18(10-16)15(19)13-5-3-4-6-14(13)17;1-7-4-5-8(2)9(3)6-7;1-4-5(2)3/h3-6,12H,1,7-10H2,2H3;4-6H,1-3H3;4H,1-3H3. The largest absolute Gasteiger partial charge is 0.337 e. The monoisotopic (exact) mass is 449 g/mol. The second-order valence-corrected chi connectivity index (χ2v) is 10.0. The minimum Gasteiger partial charge on any atom is -0.337 e. The van der Waals surface area contributed by atoms with E-state index in [1.54, 1.807) is 23.1 Å². The molecule has 0 bridgehead atoms. The Labute approximate surface area is 200 Å². The highest BCUT2D eigenvalue weighted by Crippen LogP contribution is 2.54. The van der Waals surface area contributed by atoms with E-state index in [0.717, 1.165) is 25.9 Å². The van der Waals surface area contributed by atoms with E-state index < -0.39 is 5.82 Å². The average molecular weight is 450 g/mol. The number of rotatable bonds is 2. The van der Waals surface area contributed by atoms with Gasteiger partial charge in [-0.05, 0) is 90.5 Å². The molecular weight excluding hydrogens is 409 g/mol. The summed E-state index contributed by atoms with van der Waals surface area (Å²) in [6.45, 7) is 20.2. The summed E-state index contributed by atoms with van der Waals surface area (Å²) in [5.41, 5.74) is 7.21. The van der Waals surface area contributed by atoms with Crippen LogP contribution < -0.4 is 0 Å². The van der Waals surface area contributed by atoms with Gasteiger partial charge in [-0.2, -0.15) is 0 Å². The topological polar surface area (TPSA) is 20.3 Å². The van der Waals surface area contributed by atoms with E-state index in [9.17, 15) is 9.18 Å². The van der Waals surface area contributed by atoms with Crippen molar-refractivity contribution in [2.45, 2.75) is 61.3 Å². The quantitative estimate of drug-likeness (QED) is 0.428. The highest BCUT2D eigenvalue weighted by atomic mass is 19.1. The van der Waals surface area contributed by atoms with Crippen LogP contribution >= 0.6 is 0 Å². The van der Waals surface area contributed by atoms with Gasteiger partial charge < -0.3 is 4.90 Å². The summed E-state index contributed by atoms with van der Waals surface area (Å²) in [5, 5.41) is 0. The molecule has 2 nitrogen and oxygen atoms in total. The summed E-state index contributed by atoms with van der Waals surface area (Å²) in [7, 11) is 0. The van der Waals surface area contributed by atoms with Crippen molar-refractivity contribution < 1.29 is 9.18 Å². The van der Waals surface area contributed by atoms with Crippen LogP contribution in [-0.4, -0.2) is 23.9 Å². The van der Waals surface area contributed by atoms with Gasteiger partial charge in [-0.1, -0.05) is 59.7 Å². The molecule has 2 fully saturated rings. The van der Waals surface area contributed by atoms with E-state index in [2.05, 4.69) is 72.4 Å². The molecule has 1 amide bonds. The molecule has 1 aliphatic carbocycles. The van der Waals surface area contributed by atoms with Gasteiger partial charge >= 0.3 is 0 Å². The minimum absolute atomic E-state index is 0.178. The fourth-order valence-electron chi connectivity index (χ4n) is 4.20. The Hall–Kier alpha value is -2.68. The molecule has 2 aromatic rings. The van der Waals surface area contributed by atoms with Crippen molar-refractivity contribution >= 4 is 5.91 Å². The van der Waals surface area contributed by atoms with Crippen LogP contribution in [0.1, 0.15) is 67.6 Å². The number of carbonyl (C=O) groups excluding carboxylic acids is 1. The fourth-order valence-corrected chi connectivity index (χ4v) is 4.20. The van der Waals surface area contributed by atoms with Gasteiger partial charge in [0.15, 0.2) is 0 Å². The number of hydrogen-bond acceptors (Lipinski definition) is 1. The Morgan fingerprint density at radius 2 is 1.61 bits per heavy atom. The summed E-state index contributed by atoms with van der Waals surface area (Å²) in [5.74, 6) is 0.00934. The Bertz CT molecular complexity index is 1000. The van der Waals surface area contributed by atoms with Crippen LogP contribution in [0.2, 0.25) is 0 Å². The van der Waals surface area contributed by atoms with E-state index in [1.807, 2.05) is 6.92 Å². The first-order valence-corrected chi connectivity index (χ1v) is 11.8. The van der Waals surface area contributed by atoms with Gasteiger partial charge in [0.2, 0.25) is 0 Å². The van der Waals surface area contributed by atoms with Gasteiger partial charge in [-0.3, -0.25) is 4.79 Å². The predicted molar refractivity (Wildman–Crippen MR) is 138 cm³/mol. The zero-order valence-electron chi connectivity index (χ0n) is 21.5. The number of hydrogen-bond donors (Lipinski definition) is 0. The Morgan fingerprint density at radius 3 is 2.06 bits per heavy atom. The summed E-state index contributed by atoms with van der Waals surface area (Å²) < 4.78 is 13.6. The lowest BCUT2D eigenvalue weighted by atomic mass is 9.56. The Morgan fingerprint density at radius 1 is 1.03 bits per heavy atom. The Kier molecular flexibility index (Phi) is 9.22. The van der Waals surface area contributed by atoms with Crippen molar-refractivity contribution in [3.05, 3.63) is 94.3 Å². The molecule has 1 saturated heterocycles. The van der Waals surface area contributed by atoms with Crippen LogP contribution in [0.25, 0.3) is 0 Å². The molecule has 2 aromatic carbocycles. The zero-order chi connectivity index (χ0) is 24.8. The fraction of sp³-hybridized carbons (Fsp3) is 0.433. The third kappa shape index (κ3) is 7.15. The van der Waals surface area contributed by atoms with E-state index >= 15 is 0 Å². The third-order valence-corrected chi connectivity index (χ3v) is 6.74. The number of carbonyl (C=O) groups is 1. The molecule has 0 aromatic heterocycles. The van der Waals surface area contributed by atoms with Crippen molar-refractivity contribution in [2.24, 2.45) is 11.3 Å². The summed E-state index contributed by atoms with van der Waals surface area (Å²) in [6.07, 6.45) is 4.34. The molecule has 1 aliphatic heterocycles. The van der Waals surface area contributed by atoms with E-state index in [0.29, 0.717) is 11.3 Å². The lowest BCUT2D eigenvalue weighted by Crippen LogP contribution is -2.63. The molecule has 0 radical (unpaired) electrons. The number of likely N-dealkylation sites (tertiary alicyclic amines) is 1. The molecule has 0 atom stereocenters. The number of amides is 1. The van der Waals surface area contributed by atoms with Crippen LogP contribution in [0.4, 0.5) is 4.39 Å². The molecule has 1 saturated carbocycles. The third-order valence-electron chi connectivity index (χ3n) is 6.74. The number of allylic oxidation sites excluding steroid dienone is 3. The highest BCUT2D eigenvalue weighted by Gasteiger charge is 2.53. The maximum atomic E-state index is 13.6. The number of halogens is 1. The maximum absolute atomic E-state index is 13.6. The molecule has 4 rings (SSSR count). The van der Waals surface area contributed by atoms with Crippen molar-refractivity contribution in [1.29, 1.82) is 0 Å². The van der Waals surface area contributed by atoms with Gasteiger partial charge in [-0.15, -0.1) is 0 Å². The maximum Gasteiger partial charge on any atom is 0.256 e. The zero-order valence-corrected chi connectivity index (χ0v) is 21.5. The number of nitrogens with zero attached hydrogens (tertiary/aromatic N) is 1. The van der Waals surface area contributed by atoms with Gasteiger partial charge in [0.05, 0.1) is 5.56 Å². The normalized spacial score (nSPS) is 15.7. The van der Waals surface area contributed by atoms with Crippen molar-refractivity contribution in [3.63, 3.8) is 0 Å². The van der Waals surface area contributed by atoms with Crippen LogP contribution in [-0.2, 0) is 0 Å². The van der Waals surface area contributed by atoms with Crippen LogP contribution in [0.3, 0.4) is 0 Å². The molecule has 0 N–H and O–H groups in total. The SMILES string of the molecule is C=C(C)C1CC2(C1)CN(C(=O)c1ccccc1F)C2.CC=C(C)C.Cc1ccc(C)c(C)c1. The lowest BCUT2D eigenvalue weighted by Gasteiger charge is -2.59. The Balaban J connectivity index is 0.000000229. The van der Waals surface area contributed by atoms with Crippen molar-refractivity contribution in [1.82, 2.24) is 4.90 Å². The van der Waals surface area contributed by atoms with Gasteiger partial charge in [-0.25, -0.2) is 4.39 Å². The van der Waals surface area contributed by atoms with Gasteiger partial charge in [0.1, 0.15) is 5.82 Å². The summed E-state index contributed by atoms with van der Waals surface area (Å²) in [4.78, 5) is 13.9. The minimum atomic E-state index is -0.429. The van der Waals surface area contributed by atoms with E-state index in [4.69, 9.17) is 0 Å². The predicted octanol–water partition coefficient (Wildman–Crippen LogP) is 7.84.